The number of benzene rings is 1. The summed E-state index contributed by atoms with van der Waals surface area (Å²) in [4.78, 5) is 14.5. The van der Waals surface area contributed by atoms with Crippen molar-refractivity contribution in [3.63, 3.8) is 0 Å². The van der Waals surface area contributed by atoms with Crippen LogP contribution < -0.4 is 5.73 Å². The van der Waals surface area contributed by atoms with Gasteiger partial charge in [-0.3, -0.25) is 4.79 Å². The zero-order valence-corrected chi connectivity index (χ0v) is 12.6. The van der Waals surface area contributed by atoms with Crippen molar-refractivity contribution < 1.29 is 9.90 Å². The number of piperidine rings is 1. The second-order valence-corrected chi connectivity index (χ2v) is 5.62. The number of carbonyl (C=O) groups excluding carboxylic acids is 1. The van der Waals surface area contributed by atoms with Crippen molar-refractivity contribution in [2.24, 2.45) is 11.7 Å². The number of hydrogen-bond acceptors (Lipinski definition) is 3. The maximum atomic E-state index is 12.7. The molecule has 2 rings (SSSR count). The number of nitrogens with two attached hydrogens (primary N) is 1. The van der Waals surface area contributed by atoms with E-state index in [0.29, 0.717) is 31.6 Å². The third-order valence-electron chi connectivity index (χ3n) is 3.95. The van der Waals surface area contributed by atoms with E-state index in [1.54, 1.807) is 0 Å². The number of aliphatic hydroxyl groups excluding tert-OH is 1. The second-order valence-electron chi connectivity index (χ2n) is 5.62. The first-order valence-corrected chi connectivity index (χ1v) is 7.30. The molecule has 3 N–H and O–H groups in total. The summed E-state index contributed by atoms with van der Waals surface area (Å²) in [6, 6.07) is 5.64. The smallest absolute Gasteiger partial charge is 0.254 e. The van der Waals surface area contributed by atoms with Crippen molar-refractivity contribution in [3.05, 3.63) is 34.9 Å². The zero-order valence-electron chi connectivity index (χ0n) is 12.6. The molecule has 2 unspecified atom stereocenters. The van der Waals surface area contributed by atoms with E-state index >= 15 is 0 Å². The predicted molar refractivity (Wildman–Crippen MR) is 82.8 cm³/mol. The maximum Gasteiger partial charge on any atom is 0.254 e. The molecule has 1 aromatic rings. The van der Waals surface area contributed by atoms with Crippen molar-refractivity contribution in [3.8, 4) is 11.8 Å². The Balaban J connectivity index is 2.22. The molecular formula is C17H22N2O2. The molecular weight excluding hydrogens is 264 g/mol. The molecule has 1 amide bonds. The van der Waals surface area contributed by atoms with Gasteiger partial charge in [0.25, 0.3) is 5.91 Å². The highest BCUT2D eigenvalue weighted by molar-refractivity contribution is 5.96. The monoisotopic (exact) mass is 286 g/mol. The first-order chi connectivity index (χ1) is 10.0. The van der Waals surface area contributed by atoms with Gasteiger partial charge in [0.05, 0.1) is 12.6 Å². The lowest BCUT2D eigenvalue weighted by atomic mass is 9.95. The Morgan fingerprint density at radius 1 is 1.52 bits per heavy atom. The summed E-state index contributed by atoms with van der Waals surface area (Å²) in [5.41, 5.74) is 7.81. The highest BCUT2D eigenvalue weighted by Crippen LogP contribution is 2.20. The molecule has 0 spiro atoms. The minimum absolute atomic E-state index is 0.0163. The molecule has 0 aromatic heterocycles. The van der Waals surface area contributed by atoms with E-state index in [-0.39, 0.29) is 17.9 Å². The molecule has 112 valence electrons. The largest absolute Gasteiger partial charge is 0.393 e. The molecule has 1 aliphatic rings. The molecule has 1 heterocycles. The molecule has 1 aliphatic heterocycles. The average Bonchev–Trinajstić information content (AvgIpc) is 2.48. The number of likely N-dealkylation sites (tertiary alicyclic amines) is 1. The maximum absolute atomic E-state index is 12.7. The standard InChI is InChI=1S/C17H22N2O2/c1-12-5-6-14(4-3-8-18)10-15(12)17(21)19-9-7-16(20)13(2)11-19/h5-6,10,13,16,20H,7-9,11,18H2,1-2H3. The first kappa shape index (κ1) is 15.6. The number of hydrogen-bond donors (Lipinski definition) is 2. The van der Waals surface area contributed by atoms with Gasteiger partial charge in [-0.1, -0.05) is 24.8 Å². The lowest BCUT2D eigenvalue weighted by Crippen LogP contribution is -2.45. The number of carbonyl (C=O) groups is 1. The van der Waals surface area contributed by atoms with Gasteiger partial charge in [0.15, 0.2) is 0 Å². The lowest BCUT2D eigenvalue weighted by molar-refractivity contribution is 0.0297. The van der Waals surface area contributed by atoms with Crippen LogP contribution in [-0.2, 0) is 0 Å². The molecule has 0 aliphatic carbocycles. The Morgan fingerprint density at radius 3 is 2.95 bits per heavy atom. The normalized spacial score (nSPS) is 21.6. The minimum atomic E-state index is -0.308. The molecule has 0 bridgehead atoms. The fraction of sp³-hybridized carbons (Fsp3) is 0.471. The SMILES string of the molecule is Cc1ccc(C#CCN)cc1C(=O)N1CCC(O)C(C)C1. The Bertz CT molecular complexity index is 586. The van der Waals surface area contributed by atoms with Crippen molar-refractivity contribution >= 4 is 5.91 Å². The molecule has 1 aromatic carbocycles. The highest BCUT2D eigenvalue weighted by atomic mass is 16.3. The van der Waals surface area contributed by atoms with E-state index < -0.39 is 0 Å². The van der Waals surface area contributed by atoms with Crippen LogP contribution in [0.4, 0.5) is 0 Å². The highest BCUT2D eigenvalue weighted by Gasteiger charge is 2.28. The van der Waals surface area contributed by atoms with Gasteiger partial charge in [-0.25, -0.2) is 0 Å². The van der Waals surface area contributed by atoms with Crippen LogP contribution in [0.5, 0.6) is 0 Å². The fourth-order valence-electron chi connectivity index (χ4n) is 2.57. The molecule has 0 saturated carbocycles. The Kier molecular flexibility index (Phi) is 5.00. The van der Waals surface area contributed by atoms with Crippen LogP contribution in [0.1, 0.15) is 34.8 Å². The predicted octanol–water partition coefficient (Wildman–Crippen LogP) is 1.15. The van der Waals surface area contributed by atoms with Gasteiger partial charge in [-0.2, -0.15) is 0 Å². The third-order valence-corrected chi connectivity index (χ3v) is 3.95. The molecule has 2 atom stereocenters. The molecule has 1 saturated heterocycles. The van der Waals surface area contributed by atoms with Gasteiger partial charge >= 0.3 is 0 Å². The van der Waals surface area contributed by atoms with Gasteiger partial charge in [0.1, 0.15) is 0 Å². The van der Waals surface area contributed by atoms with E-state index in [1.807, 2.05) is 36.9 Å². The minimum Gasteiger partial charge on any atom is -0.393 e. The number of amides is 1. The number of aliphatic hydroxyl groups is 1. The number of aryl methyl sites for hydroxylation is 1. The van der Waals surface area contributed by atoms with Crippen molar-refractivity contribution in [1.29, 1.82) is 0 Å². The molecule has 21 heavy (non-hydrogen) atoms. The van der Waals surface area contributed by atoms with Crippen LogP contribution in [0, 0.1) is 24.7 Å². The van der Waals surface area contributed by atoms with Gasteiger partial charge in [0, 0.05) is 24.2 Å². The average molecular weight is 286 g/mol. The van der Waals surface area contributed by atoms with Gasteiger partial charge < -0.3 is 15.7 Å². The summed E-state index contributed by atoms with van der Waals surface area (Å²) in [6.07, 6.45) is 0.329. The van der Waals surface area contributed by atoms with Crippen LogP contribution in [0.15, 0.2) is 18.2 Å². The van der Waals surface area contributed by atoms with Crippen molar-refractivity contribution in [2.75, 3.05) is 19.6 Å². The van der Waals surface area contributed by atoms with Crippen LogP contribution in [0.25, 0.3) is 0 Å². The molecule has 4 nitrogen and oxygen atoms in total. The van der Waals surface area contributed by atoms with Crippen LogP contribution in [0.2, 0.25) is 0 Å². The summed E-state index contributed by atoms with van der Waals surface area (Å²) < 4.78 is 0. The molecule has 1 fully saturated rings. The quantitative estimate of drug-likeness (QED) is 0.761. The third kappa shape index (κ3) is 3.63. The van der Waals surface area contributed by atoms with Crippen LogP contribution in [0.3, 0.4) is 0 Å². The Hall–Kier alpha value is -1.83. The number of rotatable bonds is 1. The Morgan fingerprint density at radius 2 is 2.29 bits per heavy atom. The summed E-state index contributed by atoms with van der Waals surface area (Å²) >= 11 is 0. The first-order valence-electron chi connectivity index (χ1n) is 7.30. The van der Waals surface area contributed by atoms with E-state index in [1.165, 1.54) is 0 Å². The van der Waals surface area contributed by atoms with Gasteiger partial charge in [-0.05, 0) is 37.0 Å². The van der Waals surface area contributed by atoms with Crippen molar-refractivity contribution in [2.45, 2.75) is 26.4 Å². The zero-order chi connectivity index (χ0) is 15.4. The van der Waals surface area contributed by atoms with E-state index in [4.69, 9.17) is 5.73 Å². The van der Waals surface area contributed by atoms with Crippen LogP contribution in [-0.4, -0.2) is 41.7 Å². The van der Waals surface area contributed by atoms with Crippen LogP contribution >= 0.6 is 0 Å². The van der Waals surface area contributed by atoms with Crippen molar-refractivity contribution in [1.82, 2.24) is 4.90 Å². The fourth-order valence-corrected chi connectivity index (χ4v) is 2.57. The van der Waals surface area contributed by atoms with E-state index in [9.17, 15) is 9.90 Å². The Labute approximate surface area is 125 Å². The summed E-state index contributed by atoms with van der Waals surface area (Å²) in [6.45, 7) is 5.40. The summed E-state index contributed by atoms with van der Waals surface area (Å²) in [7, 11) is 0. The van der Waals surface area contributed by atoms with E-state index in [0.717, 1.165) is 11.1 Å². The molecule has 0 radical (unpaired) electrons. The topological polar surface area (TPSA) is 66.6 Å². The molecule has 4 heteroatoms. The number of nitrogens with zero attached hydrogens (tertiary/aromatic N) is 1. The lowest BCUT2D eigenvalue weighted by Gasteiger charge is -2.34. The second kappa shape index (κ2) is 6.75. The van der Waals surface area contributed by atoms with Gasteiger partial charge in [-0.15, -0.1) is 0 Å². The van der Waals surface area contributed by atoms with E-state index in [2.05, 4.69) is 11.8 Å². The summed E-state index contributed by atoms with van der Waals surface area (Å²) in [5, 5.41) is 9.78. The van der Waals surface area contributed by atoms with Gasteiger partial charge in [0.2, 0.25) is 0 Å². The summed E-state index contributed by atoms with van der Waals surface area (Å²) in [5.74, 6) is 5.89.